The van der Waals surface area contributed by atoms with Gasteiger partial charge < -0.3 is 14.7 Å². The number of amides is 2. The summed E-state index contributed by atoms with van der Waals surface area (Å²) in [5.74, 6) is 0.752. The molecule has 0 aromatic heterocycles. The molecule has 0 aliphatic carbocycles. The third kappa shape index (κ3) is 3.74. The first-order valence-electron chi connectivity index (χ1n) is 8.59. The Labute approximate surface area is 144 Å². The lowest BCUT2D eigenvalue weighted by molar-refractivity contribution is 0.132. The molecule has 2 amide bonds. The van der Waals surface area contributed by atoms with E-state index in [4.69, 9.17) is 11.6 Å². The van der Waals surface area contributed by atoms with E-state index in [0.717, 1.165) is 63.1 Å². The summed E-state index contributed by atoms with van der Waals surface area (Å²) in [4.78, 5) is 19.0. The Morgan fingerprint density at radius 3 is 2.30 bits per heavy atom. The van der Waals surface area contributed by atoms with Gasteiger partial charge in [0.2, 0.25) is 0 Å². The molecule has 0 atom stereocenters. The number of carbonyl (C=O) groups is 1. The molecule has 1 aromatic rings. The fraction of sp³-hybridized carbons (Fsp3) is 0.611. The molecule has 0 unspecified atom stereocenters. The third-order valence-corrected chi connectivity index (χ3v) is 5.35. The lowest BCUT2D eigenvalue weighted by Gasteiger charge is -2.40. The second-order valence-corrected chi connectivity index (χ2v) is 7.29. The van der Waals surface area contributed by atoms with Crippen LogP contribution in [0, 0.1) is 12.8 Å². The van der Waals surface area contributed by atoms with Crippen molar-refractivity contribution < 1.29 is 4.79 Å². The van der Waals surface area contributed by atoms with Crippen LogP contribution in [-0.2, 0) is 0 Å². The number of urea groups is 1. The molecule has 23 heavy (non-hydrogen) atoms. The third-order valence-electron chi connectivity index (χ3n) is 5.12. The monoisotopic (exact) mass is 335 g/mol. The summed E-state index contributed by atoms with van der Waals surface area (Å²) in [6, 6.07) is 6.24. The van der Waals surface area contributed by atoms with Gasteiger partial charge in [-0.1, -0.05) is 24.6 Å². The Morgan fingerprint density at radius 1 is 1.04 bits per heavy atom. The van der Waals surface area contributed by atoms with Gasteiger partial charge in [0, 0.05) is 50.0 Å². The lowest BCUT2D eigenvalue weighted by atomic mass is 9.99. The van der Waals surface area contributed by atoms with E-state index in [1.165, 1.54) is 11.3 Å². The highest BCUT2D eigenvalue weighted by molar-refractivity contribution is 6.30. The van der Waals surface area contributed by atoms with Gasteiger partial charge in [0.1, 0.15) is 0 Å². The van der Waals surface area contributed by atoms with Gasteiger partial charge in [0.25, 0.3) is 0 Å². The van der Waals surface area contributed by atoms with E-state index in [9.17, 15) is 4.79 Å². The van der Waals surface area contributed by atoms with Gasteiger partial charge in [-0.05, 0) is 43.4 Å². The second kappa shape index (κ2) is 7.00. The highest BCUT2D eigenvalue weighted by Crippen LogP contribution is 2.26. The maximum absolute atomic E-state index is 12.6. The van der Waals surface area contributed by atoms with Gasteiger partial charge in [-0.3, -0.25) is 0 Å². The van der Waals surface area contributed by atoms with Crippen molar-refractivity contribution in [2.45, 2.75) is 26.7 Å². The molecule has 0 radical (unpaired) electrons. The molecule has 126 valence electrons. The number of piperidine rings is 1. The van der Waals surface area contributed by atoms with Crippen LogP contribution in [-0.4, -0.2) is 55.1 Å². The molecule has 1 aromatic carbocycles. The van der Waals surface area contributed by atoms with E-state index in [0.29, 0.717) is 0 Å². The number of hydrogen-bond acceptors (Lipinski definition) is 2. The topological polar surface area (TPSA) is 26.8 Å². The Kier molecular flexibility index (Phi) is 5.00. The van der Waals surface area contributed by atoms with Crippen molar-refractivity contribution in [3.05, 3.63) is 28.8 Å². The van der Waals surface area contributed by atoms with Crippen LogP contribution in [0.25, 0.3) is 0 Å². The van der Waals surface area contributed by atoms with Crippen molar-refractivity contribution in [1.29, 1.82) is 0 Å². The minimum Gasteiger partial charge on any atom is -0.368 e. The Hall–Kier alpha value is -1.42. The number of hydrogen-bond donors (Lipinski definition) is 0. The number of likely N-dealkylation sites (tertiary alicyclic amines) is 1. The van der Waals surface area contributed by atoms with Crippen LogP contribution in [0.2, 0.25) is 5.02 Å². The van der Waals surface area contributed by atoms with Crippen molar-refractivity contribution in [2.24, 2.45) is 5.92 Å². The van der Waals surface area contributed by atoms with E-state index in [1.54, 1.807) is 0 Å². The van der Waals surface area contributed by atoms with Crippen molar-refractivity contribution in [3.63, 3.8) is 0 Å². The molecule has 4 nitrogen and oxygen atoms in total. The number of nitrogens with zero attached hydrogens (tertiary/aromatic N) is 3. The maximum Gasteiger partial charge on any atom is 0.320 e. The molecule has 0 bridgehead atoms. The van der Waals surface area contributed by atoms with Crippen LogP contribution in [0.3, 0.4) is 0 Å². The Balaban J connectivity index is 1.58. The number of carbonyl (C=O) groups excluding carboxylic acids is 1. The van der Waals surface area contributed by atoms with Crippen LogP contribution < -0.4 is 4.90 Å². The molecule has 5 heteroatoms. The predicted octanol–water partition coefficient (Wildman–Crippen LogP) is 3.62. The van der Waals surface area contributed by atoms with Gasteiger partial charge in [-0.25, -0.2) is 4.79 Å². The minimum atomic E-state index is 0.222. The summed E-state index contributed by atoms with van der Waals surface area (Å²) in [6.45, 7) is 9.52. The number of benzene rings is 1. The predicted molar refractivity (Wildman–Crippen MR) is 95.3 cm³/mol. The minimum absolute atomic E-state index is 0.222. The summed E-state index contributed by atoms with van der Waals surface area (Å²) >= 11 is 6.13. The van der Waals surface area contributed by atoms with E-state index in [1.807, 2.05) is 21.9 Å². The average Bonchev–Trinajstić information content (AvgIpc) is 2.57. The summed E-state index contributed by atoms with van der Waals surface area (Å²) in [6.07, 6.45) is 2.26. The zero-order chi connectivity index (χ0) is 16.4. The number of halogens is 1. The number of aryl methyl sites for hydroxylation is 1. The summed E-state index contributed by atoms with van der Waals surface area (Å²) in [5, 5.41) is 0.770. The highest BCUT2D eigenvalue weighted by atomic mass is 35.5. The largest absolute Gasteiger partial charge is 0.368 e. The Bertz CT molecular complexity index is 561. The number of rotatable bonds is 1. The average molecular weight is 336 g/mol. The van der Waals surface area contributed by atoms with Gasteiger partial charge in [-0.15, -0.1) is 0 Å². The fourth-order valence-corrected chi connectivity index (χ4v) is 3.63. The van der Waals surface area contributed by atoms with Gasteiger partial charge in [0.05, 0.1) is 0 Å². The Morgan fingerprint density at radius 2 is 1.65 bits per heavy atom. The molecule has 2 heterocycles. The zero-order valence-corrected chi connectivity index (χ0v) is 14.9. The van der Waals surface area contributed by atoms with E-state index >= 15 is 0 Å². The number of piperazine rings is 1. The molecular formula is C18H26ClN3O. The van der Waals surface area contributed by atoms with Gasteiger partial charge in [0.15, 0.2) is 0 Å². The van der Waals surface area contributed by atoms with Crippen LogP contribution in [0.15, 0.2) is 18.2 Å². The van der Waals surface area contributed by atoms with Crippen LogP contribution in [0.1, 0.15) is 25.3 Å². The number of anilines is 1. The molecule has 0 saturated carbocycles. The first kappa shape index (κ1) is 16.4. The normalized spacial score (nSPS) is 20.0. The van der Waals surface area contributed by atoms with E-state index in [2.05, 4.69) is 24.8 Å². The highest BCUT2D eigenvalue weighted by Gasteiger charge is 2.27. The molecule has 0 spiro atoms. The zero-order valence-electron chi connectivity index (χ0n) is 14.1. The first-order chi connectivity index (χ1) is 11.0. The van der Waals surface area contributed by atoms with Crippen molar-refractivity contribution >= 4 is 23.3 Å². The van der Waals surface area contributed by atoms with Crippen molar-refractivity contribution in [3.8, 4) is 0 Å². The maximum atomic E-state index is 12.6. The van der Waals surface area contributed by atoms with Gasteiger partial charge in [-0.2, -0.15) is 0 Å². The first-order valence-corrected chi connectivity index (χ1v) is 8.97. The standard InChI is InChI=1S/C18H26ClN3O/c1-14-5-7-21(8-6-14)18(23)22-11-9-20(10-12-22)17-13-16(19)4-3-15(17)2/h3-4,13-14H,5-12H2,1-2H3. The van der Waals surface area contributed by atoms with Crippen LogP contribution >= 0.6 is 11.6 Å². The van der Waals surface area contributed by atoms with Gasteiger partial charge >= 0.3 is 6.03 Å². The molecule has 2 saturated heterocycles. The van der Waals surface area contributed by atoms with Crippen molar-refractivity contribution in [2.75, 3.05) is 44.2 Å². The molecule has 0 N–H and O–H groups in total. The second-order valence-electron chi connectivity index (χ2n) is 6.86. The van der Waals surface area contributed by atoms with E-state index < -0.39 is 0 Å². The van der Waals surface area contributed by atoms with Crippen molar-refractivity contribution in [1.82, 2.24) is 9.80 Å². The summed E-state index contributed by atoms with van der Waals surface area (Å²) in [7, 11) is 0. The molecule has 2 aliphatic rings. The SMILES string of the molecule is Cc1ccc(Cl)cc1N1CCN(C(=O)N2CCC(C)CC2)CC1. The summed E-state index contributed by atoms with van der Waals surface area (Å²) < 4.78 is 0. The molecule has 2 aliphatic heterocycles. The van der Waals surface area contributed by atoms with E-state index in [-0.39, 0.29) is 6.03 Å². The quantitative estimate of drug-likeness (QED) is 0.783. The summed E-state index contributed by atoms with van der Waals surface area (Å²) in [5.41, 5.74) is 2.43. The fourth-order valence-electron chi connectivity index (χ4n) is 3.46. The smallest absolute Gasteiger partial charge is 0.320 e. The molecule has 3 rings (SSSR count). The van der Waals surface area contributed by atoms with Crippen LogP contribution in [0.5, 0.6) is 0 Å². The molecule has 2 fully saturated rings. The lowest BCUT2D eigenvalue weighted by Crippen LogP contribution is -2.54. The molecular weight excluding hydrogens is 310 g/mol. The van der Waals surface area contributed by atoms with Crippen LogP contribution in [0.4, 0.5) is 10.5 Å².